The second-order valence-electron chi connectivity index (χ2n) is 8.28. The van der Waals surface area contributed by atoms with Crippen molar-refractivity contribution in [3.63, 3.8) is 0 Å². The average Bonchev–Trinajstić information content (AvgIpc) is 3.10. The van der Waals surface area contributed by atoms with Crippen LogP contribution in [0, 0.1) is 25.2 Å². The summed E-state index contributed by atoms with van der Waals surface area (Å²) in [4.78, 5) is 27.0. The number of amides is 2. The molecule has 0 saturated heterocycles. The fourth-order valence-electron chi connectivity index (χ4n) is 4.09. The minimum absolute atomic E-state index is 0.219. The van der Waals surface area contributed by atoms with Gasteiger partial charge in [0.05, 0.1) is 6.07 Å². The third-order valence-corrected chi connectivity index (χ3v) is 6.12. The maximum atomic E-state index is 12.9. The lowest BCUT2D eigenvalue weighted by Crippen LogP contribution is -2.53. The number of ether oxygens (including phenoxy) is 1. The summed E-state index contributed by atoms with van der Waals surface area (Å²) in [6, 6.07) is 12.9. The quantitative estimate of drug-likeness (QED) is 0.764. The molecule has 1 aromatic heterocycles. The van der Waals surface area contributed by atoms with Crippen LogP contribution in [-0.4, -0.2) is 40.1 Å². The van der Waals surface area contributed by atoms with Crippen LogP contribution in [0.3, 0.4) is 0 Å². The number of benzene rings is 1. The van der Waals surface area contributed by atoms with Gasteiger partial charge in [0.2, 0.25) is 0 Å². The number of rotatable bonds is 6. The molecule has 7 nitrogen and oxygen atoms in total. The Labute approximate surface area is 183 Å². The highest BCUT2D eigenvalue weighted by atomic mass is 16.5. The molecule has 1 aromatic carbocycles. The van der Waals surface area contributed by atoms with Crippen molar-refractivity contribution in [1.82, 2.24) is 9.58 Å². The molecule has 1 fully saturated rings. The number of aromatic nitrogens is 1. The molecular formula is C24H30N4O3. The lowest BCUT2D eigenvalue weighted by Gasteiger charge is -2.40. The minimum Gasteiger partial charge on any atom is -0.481 e. The second kappa shape index (κ2) is 9.25. The Hall–Kier alpha value is -3.27. The smallest absolute Gasteiger partial charge is 0.270 e. The highest BCUT2D eigenvalue weighted by molar-refractivity contribution is 6.00. The summed E-state index contributed by atoms with van der Waals surface area (Å²) >= 11 is 0. The molecule has 164 valence electrons. The van der Waals surface area contributed by atoms with Crippen LogP contribution < -0.4 is 10.2 Å². The fraction of sp³-hybridized carbons (Fsp3) is 0.458. The van der Waals surface area contributed by atoms with E-state index in [1.54, 1.807) is 47.8 Å². The Morgan fingerprint density at radius 2 is 1.68 bits per heavy atom. The molecule has 1 N–H and O–H groups in total. The molecule has 31 heavy (non-hydrogen) atoms. The van der Waals surface area contributed by atoms with E-state index in [-0.39, 0.29) is 11.8 Å². The van der Waals surface area contributed by atoms with Crippen molar-refractivity contribution in [2.45, 2.75) is 64.5 Å². The van der Waals surface area contributed by atoms with Gasteiger partial charge in [-0.2, -0.15) is 5.26 Å². The topological polar surface area (TPSA) is 87.4 Å². The van der Waals surface area contributed by atoms with Crippen molar-refractivity contribution in [3.05, 3.63) is 53.3 Å². The Kier molecular flexibility index (Phi) is 6.69. The van der Waals surface area contributed by atoms with Gasteiger partial charge in [-0.1, -0.05) is 19.3 Å². The summed E-state index contributed by atoms with van der Waals surface area (Å²) in [7, 11) is 1.69. The highest BCUT2D eigenvalue weighted by Crippen LogP contribution is 2.33. The lowest BCUT2D eigenvalue weighted by atomic mass is 9.81. The molecule has 0 spiro atoms. The monoisotopic (exact) mass is 422 g/mol. The number of carbonyl (C=O) groups is 2. The lowest BCUT2D eigenvalue weighted by molar-refractivity contribution is -0.141. The van der Waals surface area contributed by atoms with Crippen LogP contribution in [0.2, 0.25) is 0 Å². The normalized spacial score (nSPS) is 16.1. The van der Waals surface area contributed by atoms with Crippen molar-refractivity contribution < 1.29 is 14.3 Å². The molecule has 7 heteroatoms. The molecule has 3 rings (SSSR count). The van der Waals surface area contributed by atoms with E-state index in [0.717, 1.165) is 30.7 Å². The molecule has 0 aliphatic heterocycles. The first-order chi connectivity index (χ1) is 14.8. The van der Waals surface area contributed by atoms with E-state index in [9.17, 15) is 14.9 Å². The van der Waals surface area contributed by atoms with E-state index in [0.29, 0.717) is 24.2 Å². The van der Waals surface area contributed by atoms with Crippen LogP contribution in [0.25, 0.3) is 0 Å². The van der Waals surface area contributed by atoms with E-state index in [1.807, 2.05) is 26.0 Å². The molecule has 0 radical (unpaired) electrons. The Morgan fingerprint density at radius 3 is 2.23 bits per heavy atom. The molecule has 1 atom stereocenters. The predicted molar refractivity (Wildman–Crippen MR) is 118 cm³/mol. The van der Waals surface area contributed by atoms with E-state index in [1.165, 1.54) is 0 Å². The molecule has 0 bridgehead atoms. The SMILES string of the molecule is Cc1ccc(C)n1NC(=O)c1ccc(O[C@@H](C)C(=O)N(C)C2(C#N)CCCCC2)cc1. The van der Waals surface area contributed by atoms with Crippen LogP contribution in [0.5, 0.6) is 5.75 Å². The molecule has 1 heterocycles. The van der Waals surface area contributed by atoms with E-state index < -0.39 is 11.6 Å². The van der Waals surface area contributed by atoms with Crippen molar-refractivity contribution in [1.29, 1.82) is 5.26 Å². The van der Waals surface area contributed by atoms with Gasteiger partial charge in [0.15, 0.2) is 6.10 Å². The number of nitrogens with one attached hydrogen (secondary N) is 1. The van der Waals surface area contributed by atoms with Crippen molar-refractivity contribution >= 4 is 11.8 Å². The van der Waals surface area contributed by atoms with Crippen LogP contribution >= 0.6 is 0 Å². The molecular weight excluding hydrogens is 392 g/mol. The molecule has 0 unspecified atom stereocenters. The van der Waals surface area contributed by atoms with Gasteiger partial charge in [-0.3, -0.25) is 19.7 Å². The summed E-state index contributed by atoms with van der Waals surface area (Å²) in [5.41, 5.74) is 4.48. The van der Waals surface area contributed by atoms with Crippen LogP contribution in [0.15, 0.2) is 36.4 Å². The van der Waals surface area contributed by atoms with Gasteiger partial charge >= 0.3 is 0 Å². The highest BCUT2D eigenvalue weighted by Gasteiger charge is 2.40. The maximum Gasteiger partial charge on any atom is 0.270 e. The summed E-state index contributed by atoms with van der Waals surface area (Å²) in [6.07, 6.45) is 3.66. The van der Waals surface area contributed by atoms with Gasteiger partial charge in [-0.15, -0.1) is 0 Å². The van der Waals surface area contributed by atoms with Crippen molar-refractivity contribution in [2.24, 2.45) is 0 Å². The van der Waals surface area contributed by atoms with Crippen LogP contribution in [0.4, 0.5) is 0 Å². The van der Waals surface area contributed by atoms with Gasteiger partial charge in [-0.05, 0) is 70.0 Å². The minimum atomic E-state index is -0.746. The second-order valence-corrected chi connectivity index (χ2v) is 8.28. The number of aryl methyl sites for hydroxylation is 2. The Bertz CT molecular complexity index is 962. The summed E-state index contributed by atoms with van der Waals surface area (Å²) < 4.78 is 7.55. The number of nitriles is 1. The molecule has 2 aromatic rings. The summed E-state index contributed by atoms with van der Waals surface area (Å²) in [6.45, 7) is 5.53. The maximum absolute atomic E-state index is 12.9. The number of nitrogens with zero attached hydrogens (tertiary/aromatic N) is 3. The number of hydrogen-bond acceptors (Lipinski definition) is 4. The van der Waals surface area contributed by atoms with E-state index in [4.69, 9.17) is 4.74 Å². The van der Waals surface area contributed by atoms with Crippen LogP contribution in [-0.2, 0) is 4.79 Å². The molecule has 1 aliphatic carbocycles. The van der Waals surface area contributed by atoms with Crippen LogP contribution in [0.1, 0.15) is 60.8 Å². The van der Waals surface area contributed by atoms with Crippen molar-refractivity contribution in [3.8, 4) is 11.8 Å². The Balaban J connectivity index is 1.63. The third-order valence-electron chi connectivity index (χ3n) is 6.12. The first-order valence-electron chi connectivity index (χ1n) is 10.7. The standard InChI is InChI=1S/C24H30N4O3/c1-17-8-9-18(2)28(17)26-22(29)20-10-12-21(13-11-20)31-19(3)23(30)27(4)24(16-25)14-6-5-7-15-24/h8-13,19H,5-7,14-15H2,1-4H3,(H,26,29)/t19-/m0/s1. The zero-order chi connectivity index (χ0) is 22.6. The van der Waals surface area contributed by atoms with Gasteiger partial charge in [0, 0.05) is 24.0 Å². The van der Waals surface area contributed by atoms with E-state index in [2.05, 4.69) is 11.5 Å². The number of carbonyl (C=O) groups excluding carboxylic acids is 2. The van der Waals surface area contributed by atoms with Crippen molar-refractivity contribution in [2.75, 3.05) is 12.5 Å². The van der Waals surface area contributed by atoms with Gasteiger partial charge in [-0.25, -0.2) is 0 Å². The van der Waals surface area contributed by atoms with E-state index >= 15 is 0 Å². The first-order valence-corrected chi connectivity index (χ1v) is 10.7. The van der Waals surface area contributed by atoms with Gasteiger partial charge < -0.3 is 9.64 Å². The fourth-order valence-corrected chi connectivity index (χ4v) is 4.09. The predicted octanol–water partition coefficient (Wildman–Crippen LogP) is 3.94. The van der Waals surface area contributed by atoms with Gasteiger partial charge in [0.25, 0.3) is 11.8 Å². The Morgan fingerprint density at radius 1 is 1.10 bits per heavy atom. The molecule has 2 amide bonds. The third kappa shape index (κ3) is 4.74. The zero-order valence-electron chi connectivity index (χ0n) is 18.6. The largest absolute Gasteiger partial charge is 0.481 e. The van der Waals surface area contributed by atoms with Gasteiger partial charge in [0.1, 0.15) is 11.3 Å². The molecule has 1 aliphatic rings. The summed E-state index contributed by atoms with van der Waals surface area (Å²) in [5.74, 6) is 0.0451. The zero-order valence-corrected chi connectivity index (χ0v) is 18.6. The summed E-state index contributed by atoms with van der Waals surface area (Å²) in [5, 5.41) is 9.72. The molecule has 1 saturated carbocycles. The first kappa shape index (κ1) is 22.4. The number of likely N-dealkylation sites (N-methyl/N-ethyl adjacent to an activating group) is 1. The number of hydrogen-bond donors (Lipinski definition) is 1. The average molecular weight is 423 g/mol.